The van der Waals surface area contributed by atoms with Crippen LogP contribution in [0.25, 0.3) is 0 Å². The molecular formula is C8H15NO3S. The summed E-state index contributed by atoms with van der Waals surface area (Å²) >= 11 is 1.10. The van der Waals surface area contributed by atoms with Gasteiger partial charge in [-0.25, -0.2) is 0 Å². The van der Waals surface area contributed by atoms with Gasteiger partial charge in [-0.3, -0.25) is 9.59 Å². The molecule has 0 spiro atoms. The van der Waals surface area contributed by atoms with Gasteiger partial charge in [-0.2, -0.15) is 0 Å². The maximum atomic E-state index is 11.1. The zero-order chi connectivity index (χ0) is 10.5. The van der Waals surface area contributed by atoms with Crippen LogP contribution in [0.3, 0.4) is 0 Å². The third-order valence-electron chi connectivity index (χ3n) is 0.973. The van der Waals surface area contributed by atoms with Crippen LogP contribution in [-0.2, 0) is 9.59 Å². The Labute approximate surface area is 82.1 Å². The van der Waals surface area contributed by atoms with Crippen molar-refractivity contribution in [3.05, 3.63) is 0 Å². The Bertz CT molecular complexity index is 198. The first kappa shape index (κ1) is 12.3. The van der Waals surface area contributed by atoms with Crippen molar-refractivity contribution in [1.82, 2.24) is 5.32 Å². The molecule has 0 saturated heterocycles. The molecule has 0 heterocycles. The van der Waals surface area contributed by atoms with Gasteiger partial charge in [0.1, 0.15) is 0 Å². The Hall–Kier alpha value is -0.710. The fraction of sp³-hybridized carbons (Fsp3) is 0.750. The van der Waals surface area contributed by atoms with Crippen molar-refractivity contribution in [1.29, 1.82) is 0 Å². The van der Waals surface area contributed by atoms with Crippen molar-refractivity contribution < 1.29 is 14.7 Å². The minimum absolute atomic E-state index is 0.0302. The lowest BCUT2D eigenvalue weighted by atomic mass is 10.1. The van der Waals surface area contributed by atoms with E-state index in [0.29, 0.717) is 0 Å². The summed E-state index contributed by atoms with van der Waals surface area (Å²) in [6.07, 6.45) is 0. The summed E-state index contributed by atoms with van der Waals surface area (Å²) in [5.41, 5.74) is -0.249. The van der Waals surface area contributed by atoms with Crippen molar-refractivity contribution in [2.45, 2.75) is 26.3 Å². The maximum Gasteiger partial charge on any atom is 0.313 e. The second-order valence-corrected chi connectivity index (χ2v) is 4.67. The Morgan fingerprint density at radius 3 is 2.23 bits per heavy atom. The number of carboxylic acid groups (broad SMARTS) is 1. The number of thioether (sulfide) groups is 1. The molecule has 1 amide bonds. The average molecular weight is 205 g/mol. The monoisotopic (exact) mass is 205 g/mol. The van der Waals surface area contributed by atoms with Crippen molar-refractivity contribution in [3.8, 4) is 0 Å². The van der Waals surface area contributed by atoms with Gasteiger partial charge in [0.25, 0.3) is 0 Å². The fourth-order valence-electron chi connectivity index (χ4n) is 0.685. The standard InChI is InChI=1S/C8H15NO3S/c1-8(2,3)9-6(10)4-13-5-7(11)12/h4-5H2,1-3H3,(H,9,10)(H,11,12). The van der Waals surface area contributed by atoms with E-state index >= 15 is 0 Å². The van der Waals surface area contributed by atoms with Gasteiger partial charge in [-0.05, 0) is 20.8 Å². The highest BCUT2D eigenvalue weighted by atomic mass is 32.2. The summed E-state index contributed by atoms with van der Waals surface area (Å²) in [5.74, 6) is -0.853. The van der Waals surface area contributed by atoms with Crippen molar-refractivity contribution in [2.75, 3.05) is 11.5 Å². The zero-order valence-corrected chi connectivity index (χ0v) is 8.90. The lowest BCUT2D eigenvalue weighted by Gasteiger charge is -2.20. The molecule has 0 fully saturated rings. The topological polar surface area (TPSA) is 66.4 Å². The first-order valence-electron chi connectivity index (χ1n) is 3.92. The summed E-state index contributed by atoms with van der Waals surface area (Å²) in [4.78, 5) is 21.2. The Morgan fingerprint density at radius 1 is 1.31 bits per heavy atom. The molecule has 76 valence electrons. The third-order valence-corrected chi connectivity index (χ3v) is 1.89. The van der Waals surface area contributed by atoms with E-state index in [1.807, 2.05) is 20.8 Å². The van der Waals surface area contributed by atoms with Crippen LogP contribution in [0.15, 0.2) is 0 Å². The molecule has 0 aliphatic rings. The summed E-state index contributed by atoms with van der Waals surface area (Å²) < 4.78 is 0. The Kier molecular flexibility index (Phi) is 4.83. The number of aliphatic carboxylic acids is 1. The summed E-state index contributed by atoms with van der Waals surface area (Å²) in [5, 5.41) is 11.0. The Balaban J connectivity index is 3.59. The van der Waals surface area contributed by atoms with E-state index in [1.165, 1.54) is 0 Å². The van der Waals surface area contributed by atoms with Gasteiger partial charge in [0.15, 0.2) is 0 Å². The molecular weight excluding hydrogens is 190 g/mol. The highest BCUT2D eigenvalue weighted by Crippen LogP contribution is 2.02. The lowest BCUT2D eigenvalue weighted by Crippen LogP contribution is -2.41. The van der Waals surface area contributed by atoms with Crippen LogP contribution in [0.5, 0.6) is 0 Å². The molecule has 0 aliphatic heterocycles. The van der Waals surface area contributed by atoms with Crippen LogP contribution in [0.2, 0.25) is 0 Å². The second kappa shape index (κ2) is 5.11. The van der Waals surface area contributed by atoms with Gasteiger partial charge in [-0.1, -0.05) is 0 Å². The minimum atomic E-state index is -0.895. The molecule has 13 heavy (non-hydrogen) atoms. The SMILES string of the molecule is CC(C)(C)NC(=O)CSCC(=O)O. The predicted molar refractivity (Wildman–Crippen MR) is 52.9 cm³/mol. The average Bonchev–Trinajstić information content (AvgIpc) is 1.81. The maximum absolute atomic E-state index is 11.1. The predicted octanol–water partition coefficient (Wildman–Crippen LogP) is 0.719. The molecule has 0 saturated carbocycles. The fourth-order valence-corrected chi connectivity index (χ4v) is 1.22. The molecule has 0 aromatic carbocycles. The molecule has 5 heteroatoms. The molecule has 0 atom stereocenters. The van der Waals surface area contributed by atoms with Gasteiger partial charge in [-0.15, -0.1) is 11.8 Å². The van der Waals surface area contributed by atoms with Gasteiger partial charge in [0.2, 0.25) is 5.91 Å². The number of hydrogen-bond acceptors (Lipinski definition) is 3. The van der Waals surface area contributed by atoms with E-state index in [9.17, 15) is 9.59 Å². The van der Waals surface area contributed by atoms with Gasteiger partial charge >= 0.3 is 5.97 Å². The van der Waals surface area contributed by atoms with E-state index in [1.54, 1.807) is 0 Å². The van der Waals surface area contributed by atoms with Crippen LogP contribution < -0.4 is 5.32 Å². The van der Waals surface area contributed by atoms with E-state index in [0.717, 1.165) is 11.8 Å². The van der Waals surface area contributed by atoms with Crippen molar-refractivity contribution >= 4 is 23.6 Å². The first-order chi connectivity index (χ1) is 5.81. The highest BCUT2D eigenvalue weighted by Gasteiger charge is 2.13. The molecule has 4 nitrogen and oxygen atoms in total. The number of amides is 1. The van der Waals surface area contributed by atoms with E-state index < -0.39 is 5.97 Å². The second-order valence-electron chi connectivity index (χ2n) is 3.68. The molecule has 2 N–H and O–H groups in total. The Morgan fingerprint density at radius 2 is 1.85 bits per heavy atom. The molecule has 0 rings (SSSR count). The first-order valence-corrected chi connectivity index (χ1v) is 5.07. The zero-order valence-electron chi connectivity index (χ0n) is 8.09. The number of carbonyl (C=O) groups excluding carboxylic acids is 1. The minimum Gasteiger partial charge on any atom is -0.481 e. The number of rotatable bonds is 4. The van der Waals surface area contributed by atoms with Crippen LogP contribution in [0.1, 0.15) is 20.8 Å². The molecule has 0 unspecified atom stereocenters. The lowest BCUT2D eigenvalue weighted by molar-refractivity contribution is -0.133. The quantitative estimate of drug-likeness (QED) is 0.709. The molecule has 0 radical (unpaired) electrons. The summed E-state index contributed by atoms with van der Waals surface area (Å²) in [6.45, 7) is 5.65. The number of carboxylic acids is 1. The highest BCUT2D eigenvalue weighted by molar-refractivity contribution is 8.00. The molecule has 0 aliphatic carbocycles. The number of nitrogens with one attached hydrogen (secondary N) is 1. The molecule has 0 bridgehead atoms. The van der Waals surface area contributed by atoms with Crippen molar-refractivity contribution in [3.63, 3.8) is 0 Å². The number of carbonyl (C=O) groups is 2. The van der Waals surface area contributed by atoms with Gasteiger partial charge in [0, 0.05) is 5.54 Å². The van der Waals surface area contributed by atoms with E-state index in [2.05, 4.69) is 5.32 Å². The summed E-state index contributed by atoms with van der Waals surface area (Å²) in [6, 6.07) is 0. The summed E-state index contributed by atoms with van der Waals surface area (Å²) in [7, 11) is 0. The number of hydrogen-bond donors (Lipinski definition) is 2. The van der Waals surface area contributed by atoms with Crippen molar-refractivity contribution in [2.24, 2.45) is 0 Å². The largest absolute Gasteiger partial charge is 0.481 e. The molecule has 0 aromatic rings. The van der Waals surface area contributed by atoms with Crippen LogP contribution >= 0.6 is 11.8 Å². The third kappa shape index (κ3) is 9.20. The van der Waals surface area contributed by atoms with Crippen LogP contribution in [0, 0.1) is 0 Å². The van der Waals surface area contributed by atoms with Gasteiger partial charge < -0.3 is 10.4 Å². The van der Waals surface area contributed by atoms with E-state index in [4.69, 9.17) is 5.11 Å². The molecule has 0 aromatic heterocycles. The normalized spacial score (nSPS) is 11.0. The van der Waals surface area contributed by atoms with Crippen LogP contribution in [0.4, 0.5) is 0 Å². The van der Waals surface area contributed by atoms with Crippen LogP contribution in [-0.4, -0.2) is 34.0 Å². The van der Waals surface area contributed by atoms with Gasteiger partial charge in [0.05, 0.1) is 11.5 Å². The van der Waals surface area contributed by atoms with E-state index in [-0.39, 0.29) is 23.0 Å². The smallest absolute Gasteiger partial charge is 0.313 e.